The molecule has 3 aromatic rings. The van der Waals surface area contributed by atoms with Gasteiger partial charge in [0.05, 0.1) is 6.33 Å². The zero-order valence-corrected chi connectivity index (χ0v) is 14.7. The van der Waals surface area contributed by atoms with Gasteiger partial charge < -0.3 is 9.88 Å². The standard InChI is InChI=1S/C17H12F2IN3O/c1-23-9-21-15(10-2-5-12(18)6-3-10)16(23)22-17(24)11-4-7-14(20)13(19)8-11/h2-9H,1H3,(H,22,24). The number of carbonyl (C=O) groups is 1. The number of benzene rings is 2. The molecule has 0 fully saturated rings. The number of amides is 1. The van der Waals surface area contributed by atoms with E-state index in [1.54, 1.807) is 36.1 Å². The summed E-state index contributed by atoms with van der Waals surface area (Å²) in [5.41, 5.74) is 1.39. The Morgan fingerprint density at radius 1 is 1.17 bits per heavy atom. The first-order valence-corrected chi connectivity index (χ1v) is 8.07. The van der Waals surface area contributed by atoms with E-state index in [1.165, 1.54) is 24.3 Å². The largest absolute Gasteiger partial charge is 0.320 e. The molecule has 1 amide bonds. The number of nitrogens with one attached hydrogen (secondary N) is 1. The average molecular weight is 439 g/mol. The number of aromatic nitrogens is 2. The third-order valence-corrected chi connectivity index (χ3v) is 4.34. The number of imidazole rings is 1. The first kappa shape index (κ1) is 16.6. The average Bonchev–Trinajstić information content (AvgIpc) is 2.92. The Hall–Kier alpha value is -2.29. The summed E-state index contributed by atoms with van der Waals surface area (Å²) < 4.78 is 28.8. The molecule has 0 aliphatic carbocycles. The van der Waals surface area contributed by atoms with Crippen LogP contribution in [-0.2, 0) is 7.05 Å². The van der Waals surface area contributed by atoms with Crippen molar-refractivity contribution in [3.05, 3.63) is 69.6 Å². The fourth-order valence-electron chi connectivity index (χ4n) is 2.21. The molecule has 1 N–H and O–H groups in total. The zero-order valence-electron chi connectivity index (χ0n) is 12.6. The number of aryl methyl sites for hydroxylation is 1. The van der Waals surface area contributed by atoms with Crippen LogP contribution >= 0.6 is 22.6 Å². The molecule has 3 rings (SSSR count). The van der Waals surface area contributed by atoms with Gasteiger partial charge in [-0.2, -0.15) is 0 Å². The second kappa shape index (κ2) is 6.68. The molecular weight excluding hydrogens is 427 g/mol. The van der Waals surface area contributed by atoms with Gasteiger partial charge in [0, 0.05) is 21.7 Å². The Bertz CT molecular complexity index is 907. The molecular formula is C17H12F2IN3O. The predicted octanol–water partition coefficient (Wildman–Crippen LogP) is 4.22. The molecule has 7 heteroatoms. The van der Waals surface area contributed by atoms with Gasteiger partial charge in [-0.3, -0.25) is 4.79 Å². The number of hydrogen-bond donors (Lipinski definition) is 1. The highest BCUT2D eigenvalue weighted by atomic mass is 127. The van der Waals surface area contributed by atoms with E-state index in [-0.39, 0.29) is 11.4 Å². The van der Waals surface area contributed by atoms with Gasteiger partial charge >= 0.3 is 0 Å². The van der Waals surface area contributed by atoms with Crippen molar-refractivity contribution < 1.29 is 13.6 Å². The molecule has 1 aromatic heterocycles. The molecule has 0 aliphatic rings. The topological polar surface area (TPSA) is 46.9 Å². The fourth-order valence-corrected chi connectivity index (χ4v) is 2.55. The Morgan fingerprint density at radius 3 is 2.54 bits per heavy atom. The summed E-state index contributed by atoms with van der Waals surface area (Å²) in [5, 5.41) is 2.73. The van der Waals surface area contributed by atoms with E-state index in [4.69, 9.17) is 0 Å². The van der Waals surface area contributed by atoms with Crippen LogP contribution in [0.4, 0.5) is 14.6 Å². The van der Waals surface area contributed by atoms with Crippen LogP contribution in [-0.4, -0.2) is 15.5 Å². The molecule has 24 heavy (non-hydrogen) atoms. The van der Waals surface area contributed by atoms with Crippen molar-refractivity contribution in [3.8, 4) is 11.3 Å². The quantitative estimate of drug-likeness (QED) is 0.622. The van der Waals surface area contributed by atoms with E-state index in [1.807, 2.05) is 22.6 Å². The highest BCUT2D eigenvalue weighted by Crippen LogP contribution is 2.27. The Kier molecular flexibility index (Phi) is 4.61. The van der Waals surface area contributed by atoms with Gasteiger partial charge in [0.1, 0.15) is 23.1 Å². The lowest BCUT2D eigenvalue weighted by atomic mass is 10.1. The first-order valence-electron chi connectivity index (χ1n) is 6.99. The third-order valence-electron chi connectivity index (χ3n) is 3.47. The van der Waals surface area contributed by atoms with E-state index in [9.17, 15) is 13.6 Å². The molecule has 0 aliphatic heterocycles. The molecule has 1 heterocycles. The van der Waals surface area contributed by atoms with Gasteiger partial charge in [-0.25, -0.2) is 13.8 Å². The summed E-state index contributed by atoms with van der Waals surface area (Å²) in [6, 6.07) is 10.1. The summed E-state index contributed by atoms with van der Waals surface area (Å²) in [6.07, 6.45) is 1.54. The second-order valence-electron chi connectivity index (χ2n) is 5.14. The summed E-state index contributed by atoms with van der Waals surface area (Å²) in [5.74, 6) is -0.801. The van der Waals surface area contributed by atoms with Gasteiger partial charge in [0.15, 0.2) is 0 Å². The van der Waals surface area contributed by atoms with Gasteiger partial charge in [0.25, 0.3) is 5.91 Å². The maximum Gasteiger partial charge on any atom is 0.256 e. The lowest BCUT2D eigenvalue weighted by Gasteiger charge is -2.09. The molecule has 4 nitrogen and oxygen atoms in total. The smallest absolute Gasteiger partial charge is 0.256 e. The minimum atomic E-state index is -0.452. The van der Waals surface area contributed by atoms with Crippen LogP contribution in [0.5, 0.6) is 0 Å². The van der Waals surface area contributed by atoms with E-state index in [2.05, 4.69) is 10.3 Å². The molecule has 0 unspecified atom stereocenters. The normalized spacial score (nSPS) is 10.7. The van der Waals surface area contributed by atoms with Gasteiger partial charge in [0.2, 0.25) is 0 Å². The molecule has 0 radical (unpaired) electrons. The van der Waals surface area contributed by atoms with Crippen LogP contribution in [0.3, 0.4) is 0 Å². The Balaban J connectivity index is 1.92. The van der Waals surface area contributed by atoms with Crippen molar-refractivity contribution in [1.29, 1.82) is 0 Å². The number of hydrogen-bond acceptors (Lipinski definition) is 2. The van der Waals surface area contributed by atoms with Gasteiger partial charge in [-0.15, -0.1) is 0 Å². The summed E-state index contributed by atoms with van der Waals surface area (Å²) in [4.78, 5) is 16.6. The van der Waals surface area contributed by atoms with E-state index < -0.39 is 11.7 Å². The molecule has 0 bridgehead atoms. The van der Waals surface area contributed by atoms with Crippen molar-refractivity contribution in [2.45, 2.75) is 0 Å². The van der Waals surface area contributed by atoms with Crippen LogP contribution in [0.25, 0.3) is 11.3 Å². The predicted molar refractivity (Wildman–Crippen MR) is 95.7 cm³/mol. The number of carbonyl (C=O) groups excluding carboxylic acids is 1. The van der Waals surface area contributed by atoms with Crippen molar-refractivity contribution in [2.75, 3.05) is 5.32 Å². The summed E-state index contributed by atoms with van der Waals surface area (Å²) >= 11 is 1.86. The number of anilines is 1. The number of rotatable bonds is 3. The monoisotopic (exact) mass is 439 g/mol. The minimum Gasteiger partial charge on any atom is -0.320 e. The molecule has 0 atom stereocenters. The molecule has 0 saturated heterocycles. The number of nitrogens with zero attached hydrogens (tertiary/aromatic N) is 2. The highest BCUT2D eigenvalue weighted by Gasteiger charge is 2.16. The lowest BCUT2D eigenvalue weighted by Crippen LogP contribution is -2.15. The second-order valence-corrected chi connectivity index (χ2v) is 6.30. The first-order chi connectivity index (χ1) is 11.5. The fraction of sp³-hybridized carbons (Fsp3) is 0.0588. The number of halogens is 3. The maximum atomic E-state index is 13.6. The van der Waals surface area contributed by atoms with E-state index >= 15 is 0 Å². The Labute approximate surface area is 150 Å². The summed E-state index contributed by atoms with van der Waals surface area (Å²) in [6.45, 7) is 0. The SMILES string of the molecule is Cn1cnc(-c2ccc(F)cc2)c1NC(=O)c1ccc(I)c(F)c1. The third kappa shape index (κ3) is 3.30. The van der Waals surface area contributed by atoms with E-state index in [0.717, 1.165) is 0 Å². The molecule has 2 aromatic carbocycles. The molecule has 0 spiro atoms. The van der Waals surface area contributed by atoms with Crippen LogP contribution in [0.1, 0.15) is 10.4 Å². The van der Waals surface area contributed by atoms with Crippen LogP contribution in [0, 0.1) is 15.2 Å². The molecule has 122 valence electrons. The minimum absolute atomic E-state index is 0.208. The Morgan fingerprint density at radius 2 is 1.88 bits per heavy atom. The summed E-state index contributed by atoms with van der Waals surface area (Å²) in [7, 11) is 1.73. The lowest BCUT2D eigenvalue weighted by molar-refractivity contribution is 0.102. The van der Waals surface area contributed by atoms with Crippen molar-refractivity contribution >= 4 is 34.3 Å². The van der Waals surface area contributed by atoms with Crippen LogP contribution in [0.15, 0.2) is 48.8 Å². The van der Waals surface area contributed by atoms with Crippen LogP contribution in [0.2, 0.25) is 0 Å². The van der Waals surface area contributed by atoms with Gasteiger partial charge in [-0.05, 0) is 65.1 Å². The zero-order chi connectivity index (χ0) is 17.3. The van der Waals surface area contributed by atoms with Gasteiger partial charge in [-0.1, -0.05) is 0 Å². The van der Waals surface area contributed by atoms with E-state index in [0.29, 0.717) is 20.6 Å². The van der Waals surface area contributed by atoms with Crippen molar-refractivity contribution in [1.82, 2.24) is 9.55 Å². The van der Waals surface area contributed by atoms with Crippen LogP contribution < -0.4 is 5.32 Å². The van der Waals surface area contributed by atoms with Crippen molar-refractivity contribution in [3.63, 3.8) is 0 Å². The van der Waals surface area contributed by atoms with Crippen molar-refractivity contribution in [2.24, 2.45) is 7.05 Å². The highest BCUT2D eigenvalue weighted by molar-refractivity contribution is 14.1. The maximum absolute atomic E-state index is 13.6. The molecule has 0 saturated carbocycles.